The number of fused-ring (bicyclic) bond motifs is 1. The van der Waals surface area contributed by atoms with Crippen LogP contribution in [0.2, 0.25) is 0 Å². The van der Waals surface area contributed by atoms with Crippen molar-refractivity contribution in [3.63, 3.8) is 0 Å². The summed E-state index contributed by atoms with van der Waals surface area (Å²) in [5, 5.41) is 0. The first-order valence-corrected chi connectivity index (χ1v) is 11.9. The Balaban J connectivity index is 1.50. The van der Waals surface area contributed by atoms with E-state index in [9.17, 15) is 13.2 Å². The summed E-state index contributed by atoms with van der Waals surface area (Å²) in [4.78, 5) is 15.6. The third-order valence-electron chi connectivity index (χ3n) is 4.75. The van der Waals surface area contributed by atoms with Gasteiger partial charge in [-0.05, 0) is 36.8 Å². The van der Waals surface area contributed by atoms with Crippen LogP contribution in [0.25, 0.3) is 0 Å². The predicted molar refractivity (Wildman–Crippen MR) is 109 cm³/mol. The van der Waals surface area contributed by atoms with Gasteiger partial charge in [0.15, 0.2) is 21.3 Å². The Hall–Kier alpha value is -2.19. The normalized spacial score (nSPS) is 19.9. The quantitative estimate of drug-likeness (QED) is 0.694. The van der Waals surface area contributed by atoms with Gasteiger partial charge >= 0.3 is 0 Å². The summed E-state index contributed by atoms with van der Waals surface area (Å²) >= 11 is 1.41. The van der Waals surface area contributed by atoms with Gasteiger partial charge in [0.2, 0.25) is 5.91 Å². The van der Waals surface area contributed by atoms with Crippen LogP contribution in [0.5, 0.6) is 11.5 Å². The number of rotatable bonds is 5. The van der Waals surface area contributed by atoms with Crippen LogP contribution in [0.3, 0.4) is 0 Å². The third-order valence-corrected chi connectivity index (χ3v) is 7.48. The molecule has 0 bridgehead atoms. The first-order valence-electron chi connectivity index (χ1n) is 9.12. The van der Waals surface area contributed by atoms with E-state index in [2.05, 4.69) is 0 Å². The molecule has 2 heterocycles. The Kier molecular flexibility index (Phi) is 5.50. The van der Waals surface area contributed by atoms with Crippen molar-refractivity contribution >= 4 is 33.2 Å². The third kappa shape index (κ3) is 4.28. The van der Waals surface area contributed by atoms with E-state index >= 15 is 0 Å². The highest BCUT2D eigenvalue weighted by Crippen LogP contribution is 2.34. The minimum Gasteiger partial charge on any atom is -0.486 e. The molecule has 1 atom stereocenters. The lowest BCUT2D eigenvalue weighted by Gasteiger charge is -2.28. The number of nitrogens with zero attached hydrogens (tertiary/aromatic N) is 1. The first kappa shape index (κ1) is 19.1. The van der Waals surface area contributed by atoms with Crippen LogP contribution in [0, 0.1) is 0 Å². The van der Waals surface area contributed by atoms with Crippen molar-refractivity contribution in [1.82, 2.24) is 0 Å². The van der Waals surface area contributed by atoms with Crippen LogP contribution >= 0.6 is 11.8 Å². The van der Waals surface area contributed by atoms with Gasteiger partial charge in [-0.25, -0.2) is 8.42 Å². The Bertz CT molecular complexity index is 962. The molecule has 1 unspecified atom stereocenters. The van der Waals surface area contributed by atoms with E-state index in [0.29, 0.717) is 31.1 Å². The van der Waals surface area contributed by atoms with Crippen LogP contribution in [-0.4, -0.2) is 50.8 Å². The lowest BCUT2D eigenvalue weighted by Crippen LogP contribution is -2.42. The van der Waals surface area contributed by atoms with E-state index in [0.717, 1.165) is 10.6 Å². The minimum absolute atomic E-state index is 0.0162. The van der Waals surface area contributed by atoms with Gasteiger partial charge < -0.3 is 14.4 Å². The van der Waals surface area contributed by atoms with Gasteiger partial charge in [-0.2, -0.15) is 0 Å². The lowest BCUT2D eigenvalue weighted by molar-refractivity contribution is -0.116. The van der Waals surface area contributed by atoms with Gasteiger partial charge in [0.25, 0.3) is 0 Å². The Morgan fingerprint density at radius 3 is 2.54 bits per heavy atom. The highest BCUT2D eigenvalue weighted by atomic mass is 32.2. The van der Waals surface area contributed by atoms with Crippen molar-refractivity contribution in [2.24, 2.45) is 0 Å². The molecule has 4 rings (SSSR count). The number of thioether (sulfide) groups is 1. The molecule has 0 aliphatic carbocycles. The van der Waals surface area contributed by atoms with Crippen molar-refractivity contribution in [2.45, 2.75) is 17.4 Å². The number of carbonyl (C=O) groups excluding carboxylic acids is 1. The number of hydrogen-bond acceptors (Lipinski definition) is 6. The number of para-hydroxylation sites is 1. The molecule has 28 heavy (non-hydrogen) atoms. The van der Waals surface area contributed by atoms with Crippen LogP contribution < -0.4 is 14.4 Å². The molecule has 6 nitrogen and oxygen atoms in total. The maximum absolute atomic E-state index is 13.1. The summed E-state index contributed by atoms with van der Waals surface area (Å²) in [5.41, 5.74) is 0.734. The number of hydrogen-bond donors (Lipinski definition) is 0. The van der Waals surface area contributed by atoms with Gasteiger partial charge in [0, 0.05) is 10.6 Å². The standard InChI is InChI=1S/C20H21NO5S2/c22-20(13-27-17-6-7-18-19(12-17)26-10-9-25-18)21(15-4-2-1-3-5-15)16-8-11-28(23,24)14-16/h1-7,12,16H,8-11,13-14H2. The van der Waals surface area contributed by atoms with E-state index in [1.165, 1.54) is 11.8 Å². The van der Waals surface area contributed by atoms with Crippen molar-refractivity contribution < 1.29 is 22.7 Å². The fourth-order valence-electron chi connectivity index (χ4n) is 3.45. The average Bonchev–Trinajstić information content (AvgIpc) is 3.06. The maximum Gasteiger partial charge on any atom is 0.237 e. The summed E-state index contributed by atoms with van der Waals surface area (Å²) in [6.07, 6.45) is 0.470. The monoisotopic (exact) mass is 419 g/mol. The number of benzene rings is 2. The molecule has 0 aromatic heterocycles. The molecule has 2 aliphatic heterocycles. The second-order valence-corrected chi connectivity index (χ2v) is 10.0. The van der Waals surface area contributed by atoms with Crippen LogP contribution in [0.15, 0.2) is 53.4 Å². The first-order chi connectivity index (χ1) is 13.5. The molecule has 2 aliphatic rings. The summed E-state index contributed by atoms with van der Waals surface area (Å²) in [6, 6.07) is 14.6. The maximum atomic E-state index is 13.1. The van der Waals surface area contributed by atoms with Gasteiger partial charge in [-0.15, -0.1) is 11.8 Å². The minimum atomic E-state index is -3.09. The topological polar surface area (TPSA) is 72.9 Å². The smallest absolute Gasteiger partial charge is 0.237 e. The number of ether oxygens (including phenoxy) is 2. The molecular formula is C20H21NO5S2. The Morgan fingerprint density at radius 1 is 1.07 bits per heavy atom. The van der Waals surface area contributed by atoms with Crippen LogP contribution in [-0.2, 0) is 14.6 Å². The molecule has 2 aromatic carbocycles. The van der Waals surface area contributed by atoms with Crippen molar-refractivity contribution in [2.75, 3.05) is 35.4 Å². The van der Waals surface area contributed by atoms with Gasteiger partial charge in [-0.3, -0.25) is 4.79 Å². The molecule has 0 saturated carbocycles. The zero-order valence-electron chi connectivity index (χ0n) is 15.2. The second-order valence-electron chi connectivity index (χ2n) is 6.75. The molecule has 0 spiro atoms. The molecule has 1 saturated heterocycles. The fraction of sp³-hybridized carbons (Fsp3) is 0.350. The van der Waals surface area contributed by atoms with Gasteiger partial charge in [0.05, 0.1) is 23.3 Å². The highest BCUT2D eigenvalue weighted by molar-refractivity contribution is 8.00. The molecule has 1 amide bonds. The summed E-state index contributed by atoms with van der Waals surface area (Å²) < 4.78 is 35.0. The average molecular weight is 420 g/mol. The van der Waals surface area contributed by atoms with Gasteiger partial charge in [0.1, 0.15) is 13.2 Å². The molecule has 148 valence electrons. The molecule has 1 fully saturated rings. The predicted octanol–water partition coefficient (Wildman–Crippen LogP) is 2.77. The Labute approximate surface area is 168 Å². The van der Waals surface area contributed by atoms with Crippen molar-refractivity contribution in [1.29, 1.82) is 0 Å². The number of amides is 1. The van der Waals surface area contributed by atoms with Crippen LogP contribution in [0.4, 0.5) is 5.69 Å². The number of anilines is 1. The number of carbonyl (C=O) groups is 1. The van der Waals surface area contributed by atoms with Crippen LogP contribution in [0.1, 0.15) is 6.42 Å². The summed E-state index contributed by atoms with van der Waals surface area (Å²) in [7, 11) is -3.09. The molecule has 2 aromatic rings. The SMILES string of the molecule is O=C(CSc1ccc2c(c1)OCCO2)N(c1ccccc1)C1CCS(=O)(=O)C1. The zero-order valence-corrected chi connectivity index (χ0v) is 16.9. The van der Waals surface area contributed by atoms with Crippen molar-refractivity contribution in [3.8, 4) is 11.5 Å². The molecular weight excluding hydrogens is 398 g/mol. The lowest BCUT2D eigenvalue weighted by atomic mass is 10.2. The summed E-state index contributed by atoms with van der Waals surface area (Å²) in [5.74, 6) is 1.65. The largest absolute Gasteiger partial charge is 0.486 e. The number of sulfone groups is 1. The van der Waals surface area contributed by atoms with Gasteiger partial charge in [-0.1, -0.05) is 18.2 Å². The highest BCUT2D eigenvalue weighted by Gasteiger charge is 2.35. The molecule has 0 radical (unpaired) electrons. The molecule has 8 heteroatoms. The van der Waals surface area contributed by atoms with Crippen molar-refractivity contribution in [3.05, 3.63) is 48.5 Å². The van der Waals surface area contributed by atoms with E-state index in [-0.39, 0.29) is 29.2 Å². The second kappa shape index (κ2) is 8.05. The van der Waals surface area contributed by atoms with E-state index < -0.39 is 9.84 Å². The Morgan fingerprint density at radius 2 is 1.82 bits per heavy atom. The molecule has 0 N–H and O–H groups in total. The zero-order chi connectivity index (χ0) is 19.6. The fourth-order valence-corrected chi connectivity index (χ4v) is 5.94. The van der Waals surface area contributed by atoms with E-state index in [4.69, 9.17) is 9.47 Å². The van der Waals surface area contributed by atoms with E-state index in [1.54, 1.807) is 4.90 Å². The van der Waals surface area contributed by atoms with E-state index in [1.807, 2.05) is 48.5 Å². The summed E-state index contributed by atoms with van der Waals surface area (Å²) in [6.45, 7) is 1.05.